The number of para-hydroxylation sites is 2. The fourth-order valence-corrected chi connectivity index (χ4v) is 1.68. The topological polar surface area (TPSA) is 13.1 Å². The second-order valence-corrected chi connectivity index (χ2v) is 3.49. The zero-order valence-electron chi connectivity index (χ0n) is 13.8. The summed E-state index contributed by atoms with van der Waals surface area (Å²) in [5.74, 6) is 0. The molecule has 0 saturated carbocycles. The summed E-state index contributed by atoms with van der Waals surface area (Å²) in [5, 5.41) is 0.181. The number of hydrogen-bond donors (Lipinski definition) is 0. The summed E-state index contributed by atoms with van der Waals surface area (Å²) in [6, 6.07) is -2.35. The Kier molecular flexibility index (Phi) is 0.755. The molecule has 1 aromatic heterocycles. The Morgan fingerprint density at radius 3 is 2.71 bits per heavy atom. The smallest absolute Gasteiger partial charge is 0.149 e. The van der Waals surface area contributed by atoms with Gasteiger partial charge in [0.15, 0.2) is 0 Å². The zero-order chi connectivity index (χ0) is 15.6. The summed E-state index contributed by atoms with van der Waals surface area (Å²) in [4.78, 5) is 0. The van der Waals surface area contributed by atoms with Gasteiger partial charge in [-0.2, -0.15) is 0 Å². The maximum absolute atomic E-state index is 7.97. The lowest BCUT2D eigenvalue weighted by molar-refractivity contribution is 0.667. The zero-order valence-corrected chi connectivity index (χ0v) is 8.37. The third kappa shape index (κ3) is 1.01. The van der Waals surface area contributed by atoms with Crippen LogP contribution in [0.2, 0.25) is 0 Å². The van der Waals surface area contributed by atoms with Crippen molar-refractivity contribution >= 4 is 37.9 Å². The highest BCUT2D eigenvalue weighted by Crippen LogP contribution is 2.32. The molecule has 2 aromatic carbocycles. The van der Waals surface area contributed by atoms with Gasteiger partial charge in [-0.3, -0.25) is 0 Å². The van der Waals surface area contributed by atoms with Crippen LogP contribution in [0.25, 0.3) is 21.9 Å². The molecule has 0 atom stereocenters. The van der Waals surface area contributed by atoms with Crippen LogP contribution in [-0.4, -0.2) is 0 Å². The molecule has 0 saturated heterocycles. The molecule has 14 heavy (non-hydrogen) atoms. The molecule has 3 aromatic rings. The van der Waals surface area contributed by atoms with Crippen LogP contribution in [0.15, 0.2) is 51.2 Å². The normalized spacial score (nSPS) is 18.2. The lowest BCUT2D eigenvalue weighted by Crippen LogP contribution is -1.66. The average molecular weight is 254 g/mol. The predicted octanol–water partition coefficient (Wildman–Crippen LogP) is 4.35. The molecule has 2 heteroatoms. The van der Waals surface area contributed by atoms with E-state index in [0.29, 0.717) is 0 Å². The van der Waals surface area contributed by atoms with Crippen molar-refractivity contribution in [1.82, 2.24) is 0 Å². The quantitative estimate of drug-likeness (QED) is 0.581. The van der Waals surface area contributed by atoms with Gasteiger partial charge in [0.2, 0.25) is 0 Å². The minimum atomic E-state index is -0.425. The van der Waals surface area contributed by atoms with Crippen LogP contribution in [0.3, 0.4) is 0 Å². The maximum atomic E-state index is 7.97. The molecule has 1 nitrogen and oxygen atoms in total. The van der Waals surface area contributed by atoms with Crippen LogP contribution < -0.4 is 0 Å². The number of fused-ring (bicyclic) bond motifs is 3. The van der Waals surface area contributed by atoms with Crippen LogP contribution in [0.4, 0.5) is 0 Å². The van der Waals surface area contributed by atoms with E-state index in [0.717, 1.165) is 0 Å². The van der Waals surface area contributed by atoms with Crippen molar-refractivity contribution < 1.29 is 14.0 Å². The molecule has 0 aliphatic carbocycles. The van der Waals surface area contributed by atoms with Crippen molar-refractivity contribution in [2.24, 2.45) is 0 Å². The van der Waals surface area contributed by atoms with Crippen molar-refractivity contribution in [1.29, 1.82) is 0 Å². The largest absolute Gasteiger partial charge is 0.455 e. The fourth-order valence-electron chi connectivity index (χ4n) is 1.30. The second kappa shape index (κ2) is 2.85. The first-order chi connectivity index (χ1) is 9.77. The molecule has 0 N–H and O–H groups in total. The summed E-state index contributed by atoms with van der Waals surface area (Å²) in [5.41, 5.74) is 0.0122. The van der Waals surface area contributed by atoms with E-state index in [4.69, 9.17) is 14.0 Å². The van der Waals surface area contributed by atoms with Crippen molar-refractivity contribution in [2.75, 3.05) is 0 Å². The van der Waals surface area contributed by atoms with Crippen LogP contribution in [0.1, 0.15) is 9.60 Å². The van der Waals surface area contributed by atoms with Gasteiger partial charge in [-0.1, -0.05) is 30.2 Å². The molecule has 0 bridgehead atoms. The maximum Gasteiger partial charge on any atom is 0.149 e. The monoisotopic (exact) mass is 253 g/mol. The van der Waals surface area contributed by atoms with Gasteiger partial charge >= 0.3 is 0 Å². The fraction of sp³-hybridized carbons (Fsp3) is 0. The van der Waals surface area contributed by atoms with Crippen molar-refractivity contribution in [3.8, 4) is 0 Å². The molecule has 0 amide bonds. The predicted molar refractivity (Wildman–Crippen MR) is 61.4 cm³/mol. The highest BCUT2D eigenvalue weighted by Gasteiger charge is 2.07. The van der Waals surface area contributed by atoms with Gasteiger partial charge in [0.25, 0.3) is 0 Å². The third-order valence-corrected chi connectivity index (χ3v) is 2.45. The van der Waals surface area contributed by atoms with Gasteiger partial charge < -0.3 is 4.42 Å². The number of halogens is 1. The Morgan fingerprint density at radius 1 is 1.00 bits per heavy atom. The Hall–Kier alpha value is -1.28. The van der Waals surface area contributed by atoms with E-state index in [-0.39, 0.29) is 56.6 Å². The highest BCUT2D eigenvalue weighted by atomic mass is 79.9. The summed E-state index contributed by atoms with van der Waals surface area (Å²) >= 11 is 3.13. The molecule has 0 aliphatic rings. The summed E-state index contributed by atoms with van der Waals surface area (Å²) in [7, 11) is 0. The first kappa shape index (κ1) is 3.70. The molecule has 68 valence electrons. The van der Waals surface area contributed by atoms with E-state index in [2.05, 4.69) is 15.9 Å². The Balaban J connectivity index is 2.73. The molecule has 0 radical (unpaired) electrons. The summed E-state index contributed by atoms with van der Waals surface area (Å²) in [6.07, 6.45) is 0. The number of furan rings is 1. The van der Waals surface area contributed by atoms with Crippen LogP contribution >= 0.6 is 15.9 Å². The molecule has 0 spiro atoms. The van der Waals surface area contributed by atoms with Crippen LogP contribution in [-0.2, 0) is 0 Å². The third-order valence-electron chi connectivity index (χ3n) is 1.89. The van der Waals surface area contributed by atoms with E-state index in [1.54, 1.807) is 0 Å². The van der Waals surface area contributed by atoms with Crippen molar-refractivity contribution in [3.63, 3.8) is 0 Å². The molecule has 0 fully saturated rings. The lowest BCUT2D eigenvalue weighted by atomic mass is 10.2. The van der Waals surface area contributed by atoms with Gasteiger partial charge in [-0.15, -0.1) is 0 Å². The SMILES string of the molecule is [2H]c1c([2H])c([2H])c2c(oc3c(Br)c([2H])c([2H])c([2H])c32)c1[2H]. The Labute approximate surface area is 99.3 Å². The molecule has 3 rings (SSSR count). The second-order valence-electron chi connectivity index (χ2n) is 2.70. The van der Waals surface area contributed by atoms with E-state index < -0.39 is 12.1 Å². The number of rotatable bonds is 0. The number of hydrogen-bond acceptors (Lipinski definition) is 1. The minimum absolute atomic E-state index is 0.0650. The van der Waals surface area contributed by atoms with Crippen LogP contribution in [0, 0.1) is 0 Å². The molecular weight excluding hydrogens is 240 g/mol. The number of benzene rings is 2. The molecular formula is C12H7BrO. The molecule has 1 heterocycles. The van der Waals surface area contributed by atoms with Gasteiger partial charge in [-0.25, -0.2) is 0 Å². The van der Waals surface area contributed by atoms with Gasteiger partial charge in [0, 0.05) is 10.8 Å². The average Bonchev–Trinajstić information content (AvgIpc) is 2.87. The van der Waals surface area contributed by atoms with E-state index >= 15 is 0 Å². The first-order valence-corrected chi connectivity index (χ1v) is 4.64. The van der Waals surface area contributed by atoms with E-state index in [1.807, 2.05) is 0 Å². The highest BCUT2D eigenvalue weighted by molar-refractivity contribution is 9.10. The first-order valence-electron chi connectivity index (χ1n) is 7.35. The van der Waals surface area contributed by atoms with E-state index in [9.17, 15) is 0 Å². The lowest BCUT2D eigenvalue weighted by Gasteiger charge is -1.89. The Morgan fingerprint density at radius 2 is 1.79 bits per heavy atom. The van der Waals surface area contributed by atoms with Gasteiger partial charge in [0.1, 0.15) is 11.2 Å². The van der Waals surface area contributed by atoms with Crippen molar-refractivity contribution in [2.45, 2.75) is 0 Å². The van der Waals surface area contributed by atoms with E-state index in [1.165, 1.54) is 0 Å². The van der Waals surface area contributed by atoms with Gasteiger partial charge in [0.05, 0.1) is 14.1 Å². The summed E-state index contributed by atoms with van der Waals surface area (Å²) in [6.45, 7) is 0. The Bertz CT molecular complexity index is 857. The van der Waals surface area contributed by atoms with Gasteiger partial charge in [-0.05, 0) is 28.0 Å². The molecule has 0 aliphatic heterocycles. The molecule has 0 unspecified atom stereocenters. The summed E-state index contributed by atoms with van der Waals surface area (Å²) < 4.78 is 60.3. The van der Waals surface area contributed by atoms with Crippen molar-refractivity contribution in [3.05, 3.63) is 46.8 Å². The minimum Gasteiger partial charge on any atom is -0.455 e. The van der Waals surface area contributed by atoms with Crippen LogP contribution in [0.5, 0.6) is 0 Å². The standard InChI is InChI=1S/C12H7BrO/c13-10-6-3-5-9-8-4-1-2-7-11(8)14-12(9)10/h1-7H/i1D,2D,3D,4D,5D,6D,7D.